The van der Waals surface area contributed by atoms with Gasteiger partial charge in [0.15, 0.2) is 0 Å². The number of aliphatic hydroxyl groups excluding tert-OH is 1. The van der Waals surface area contributed by atoms with Gasteiger partial charge in [-0.15, -0.1) is 0 Å². The fourth-order valence-electron chi connectivity index (χ4n) is 5.17. The quantitative estimate of drug-likeness (QED) is 0.479. The molecule has 5 rings (SSSR count). The number of hydrogen-bond donors (Lipinski definition) is 2. The Morgan fingerprint density at radius 1 is 1.16 bits per heavy atom. The van der Waals surface area contributed by atoms with Gasteiger partial charge < -0.3 is 29.3 Å². The second kappa shape index (κ2) is 10.2. The largest absolute Gasteiger partial charge is 0.490 e. The van der Waals surface area contributed by atoms with E-state index >= 15 is 0 Å². The van der Waals surface area contributed by atoms with E-state index in [2.05, 4.69) is 6.58 Å². The van der Waals surface area contributed by atoms with Crippen LogP contribution in [0, 0.1) is 11.8 Å². The lowest BCUT2D eigenvalue weighted by atomic mass is 9.78. The lowest BCUT2D eigenvalue weighted by molar-refractivity contribution is -0.163. The van der Waals surface area contributed by atoms with Gasteiger partial charge >= 0.3 is 5.97 Å². The van der Waals surface area contributed by atoms with Crippen molar-refractivity contribution in [2.75, 3.05) is 6.61 Å². The van der Waals surface area contributed by atoms with Gasteiger partial charge in [0.05, 0.1) is 18.1 Å². The van der Waals surface area contributed by atoms with Crippen molar-refractivity contribution in [3.63, 3.8) is 0 Å². The molecule has 2 aromatic rings. The van der Waals surface area contributed by atoms with Crippen LogP contribution in [0.5, 0.6) is 17.2 Å². The van der Waals surface area contributed by atoms with Gasteiger partial charge in [-0.3, -0.25) is 4.79 Å². The average molecular weight is 516 g/mol. The van der Waals surface area contributed by atoms with Crippen LogP contribution in [0.2, 0.25) is 0 Å². The van der Waals surface area contributed by atoms with Crippen LogP contribution in [0.25, 0.3) is 6.08 Å². The number of aliphatic hydroxyl groups is 1. The molecule has 1 amide bonds. The predicted molar refractivity (Wildman–Crippen MR) is 140 cm³/mol. The smallest absolute Gasteiger partial charge is 0.352 e. The minimum absolute atomic E-state index is 0.0168. The van der Waals surface area contributed by atoms with Crippen LogP contribution >= 0.6 is 0 Å². The maximum atomic E-state index is 12.4. The Balaban J connectivity index is 1.16. The number of carboxylic acid groups (broad SMARTS) is 1. The lowest BCUT2D eigenvalue weighted by Crippen LogP contribution is -2.63. The molecule has 38 heavy (non-hydrogen) atoms. The number of aliphatic carboxylic acids is 1. The molecule has 1 saturated heterocycles. The molecular formula is C30H29NO7. The van der Waals surface area contributed by atoms with Gasteiger partial charge in [-0.05, 0) is 60.6 Å². The van der Waals surface area contributed by atoms with Crippen molar-refractivity contribution in [2.45, 2.75) is 32.6 Å². The van der Waals surface area contributed by atoms with E-state index in [9.17, 15) is 19.8 Å². The van der Waals surface area contributed by atoms with E-state index in [1.165, 1.54) is 4.90 Å². The Morgan fingerprint density at radius 2 is 1.89 bits per heavy atom. The SMILES string of the molecule is C=C1C=Cc2ccc(OCc3ccc(OC/C=C/C4=C(C(=O)O)N5C(=O)[C@H]([C@@H](C)O)[C@H]5[C@H]4C)cc3)cc2O1. The number of hydrogen-bond acceptors (Lipinski definition) is 6. The first-order chi connectivity index (χ1) is 18.2. The molecule has 4 atom stereocenters. The molecule has 8 heteroatoms. The average Bonchev–Trinajstić information content (AvgIpc) is 3.13. The van der Waals surface area contributed by atoms with Crippen LogP contribution in [0.1, 0.15) is 25.0 Å². The van der Waals surface area contributed by atoms with Gasteiger partial charge in [-0.2, -0.15) is 0 Å². The normalized spacial score (nSPS) is 22.6. The summed E-state index contributed by atoms with van der Waals surface area (Å²) < 4.78 is 17.3. The summed E-state index contributed by atoms with van der Waals surface area (Å²) in [5.41, 5.74) is 2.48. The molecule has 3 heterocycles. The van der Waals surface area contributed by atoms with Gasteiger partial charge in [0.1, 0.15) is 41.9 Å². The third-order valence-electron chi connectivity index (χ3n) is 7.08. The monoisotopic (exact) mass is 515 g/mol. The molecule has 0 aromatic heterocycles. The highest BCUT2D eigenvalue weighted by molar-refractivity contribution is 6.00. The van der Waals surface area contributed by atoms with Gasteiger partial charge in [0.25, 0.3) is 0 Å². The molecule has 0 spiro atoms. The minimum Gasteiger partial charge on any atom is -0.490 e. The first-order valence-corrected chi connectivity index (χ1v) is 12.4. The van der Waals surface area contributed by atoms with Crippen molar-refractivity contribution in [3.05, 3.63) is 95.4 Å². The third-order valence-corrected chi connectivity index (χ3v) is 7.08. The van der Waals surface area contributed by atoms with Crippen LogP contribution < -0.4 is 14.2 Å². The van der Waals surface area contributed by atoms with Crippen LogP contribution in [0.15, 0.2) is 84.3 Å². The van der Waals surface area contributed by atoms with E-state index in [1.807, 2.05) is 61.5 Å². The Bertz CT molecular complexity index is 1370. The van der Waals surface area contributed by atoms with E-state index in [4.69, 9.17) is 14.2 Å². The van der Waals surface area contributed by atoms with Crippen LogP contribution in [-0.4, -0.2) is 45.7 Å². The number of amides is 1. The fraction of sp³-hybridized carbons (Fsp3) is 0.267. The molecule has 0 bridgehead atoms. The molecule has 0 saturated carbocycles. The standard InChI is InChI=1S/C30H29NO7/c1-17-6-9-21-10-13-23(15-25(21)38-17)37-16-20-7-11-22(12-8-20)36-14-4-5-24-18(2)27-26(19(3)32)29(33)31(27)28(24)30(34)35/h4-13,15,18-19,26-27,32H,1,14,16H2,2-3H3,(H,34,35)/b5-4+/t18-,19+,26+,27+/m0/s1. The van der Waals surface area contributed by atoms with Crippen molar-refractivity contribution >= 4 is 18.0 Å². The molecule has 2 N–H and O–H groups in total. The highest BCUT2D eigenvalue weighted by atomic mass is 16.5. The van der Waals surface area contributed by atoms with E-state index in [0.717, 1.165) is 11.1 Å². The van der Waals surface area contributed by atoms with Crippen LogP contribution in [0.4, 0.5) is 0 Å². The van der Waals surface area contributed by atoms with Crippen molar-refractivity contribution in [1.29, 1.82) is 0 Å². The number of carbonyl (C=O) groups is 2. The molecule has 3 aliphatic rings. The highest BCUT2D eigenvalue weighted by Crippen LogP contribution is 2.47. The van der Waals surface area contributed by atoms with Gasteiger partial charge in [-0.25, -0.2) is 4.79 Å². The van der Waals surface area contributed by atoms with E-state index in [0.29, 0.717) is 35.2 Å². The summed E-state index contributed by atoms with van der Waals surface area (Å²) in [7, 11) is 0. The number of β-lactam (4-membered cyclic amide) rings is 1. The maximum absolute atomic E-state index is 12.4. The summed E-state index contributed by atoms with van der Waals surface area (Å²) in [5.74, 6) is 0.366. The molecular weight excluding hydrogens is 486 g/mol. The van der Waals surface area contributed by atoms with E-state index < -0.39 is 18.0 Å². The molecule has 3 aliphatic heterocycles. The van der Waals surface area contributed by atoms with Gasteiger partial charge in [-0.1, -0.05) is 31.7 Å². The summed E-state index contributed by atoms with van der Waals surface area (Å²) in [6.45, 7) is 7.85. The molecule has 1 fully saturated rings. The summed E-state index contributed by atoms with van der Waals surface area (Å²) in [4.78, 5) is 25.6. The molecule has 196 valence electrons. The Hall–Kier alpha value is -4.30. The fourth-order valence-corrected chi connectivity index (χ4v) is 5.17. The lowest BCUT2D eigenvalue weighted by Gasteiger charge is -2.46. The van der Waals surface area contributed by atoms with Crippen molar-refractivity contribution in [2.24, 2.45) is 11.8 Å². The number of carboxylic acids is 1. The van der Waals surface area contributed by atoms with Crippen molar-refractivity contribution < 1.29 is 34.0 Å². The highest BCUT2D eigenvalue weighted by Gasteiger charge is 2.59. The van der Waals surface area contributed by atoms with Gasteiger partial charge in [0, 0.05) is 17.5 Å². The maximum Gasteiger partial charge on any atom is 0.352 e. The second-order valence-corrected chi connectivity index (χ2v) is 9.61. The first kappa shape index (κ1) is 25.4. The third kappa shape index (κ3) is 4.70. The number of allylic oxidation sites excluding steroid dienone is 2. The van der Waals surface area contributed by atoms with Crippen LogP contribution in [0.3, 0.4) is 0 Å². The zero-order valence-corrected chi connectivity index (χ0v) is 21.2. The predicted octanol–water partition coefficient (Wildman–Crippen LogP) is 4.32. The van der Waals surface area contributed by atoms with Crippen molar-refractivity contribution in [3.8, 4) is 17.2 Å². The van der Waals surface area contributed by atoms with E-state index in [-0.39, 0.29) is 30.2 Å². The first-order valence-electron chi connectivity index (χ1n) is 12.4. The molecule has 2 aromatic carbocycles. The zero-order chi connectivity index (χ0) is 27.0. The minimum atomic E-state index is -1.15. The summed E-state index contributed by atoms with van der Waals surface area (Å²) in [6, 6.07) is 12.8. The topological polar surface area (TPSA) is 106 Å². The molecule has 0 aliphatic carbocycles. The zero-order valence-electron chi connectivity index (χ0n) is 21.2. The number of fused-ring (bicyclic) bond motifs is 2. The number of rotatable bonds is 9. The van der Waals surface area contributed by atoms with Crippen LogP contribution in [-0.2, 0) is 16.2 Å². The van der Waals surface area contributed by atoms with Crippen molar-refractivity contribution in [1.82, 2.24) is 4.90 Å². The number of carbonyl (C=O) groups excluding carboxylic acids is 1. The summed E-state index contributed by atoms with van der Waals surface area (Å²) >= 11 is 0. The number of benzene rings is 2. The Kier molecular flexibility index (Phi) is 6.82. The summed E-state index contributed by atoms with van der Waals surface area (Å²) in [6.07, 6.45) is 6.38. The van der Waals surface area contributed by atoms with E-state index in [1.54, 1.807) is 19.1 Å². The number of nitrogens with zero attached hydrogens (tertiary/aromatic N) is 1. The molecule has 8 nitrogen and oxygen atoms in total. The second-order valence-electron chi connectivity index (χ2n) is 9.61. The number of ether oxygens (including phenoxy) is 3. The Labute approximate surface area is 220 Å². The molecule has 0 unspecified atom stereocenters. The molecule has 0 radical (unpaired) electrons. The van der Waals surface area contributed by atoms with Gasteiger partial charge in [0.2, 0.25) is 5.91 Å². The Morgan fingerprint density at radius 3 is 2.61 bits per heavy atom. The summed E-state index contributed by atoms with van der Waals surface area (Å²) in [5, 5.41) is 19.7.